The van der Waals surface area contributed by atoms with E-state index in [1.54, 1.807) is 28.8 Å². The molecule has 0 bridgehead atoms. The van der Waals surface area contributed by atoms with E-state index < -0.39 is 0 Å². The highest BCUT2D eigenvalue weighted by Gasteiger charge is 2.32. The topological polar surface area (TPSA) is 95.5 Å². The van der Waals surface area contributed by atoms with Crippen molar-refractivity contribution < 1.29 is 14.3 Å². The number of benzene rings is 2. The van der Waals surface area contributed by atoms with E-state index in [2.05, 4.69) is 21.9 Å². The van der Waals surface area contributed by atoms with Gasteiger partial charge in [-0.3, -0.25) is 9.48 Å². The molecule has 2 aromatic heterocycles. The van der Waals surface area contributed by atoms with Crippen LogP contribution in [-0.2, 0) is 25.0 Å². The first kappa shape index (κ1) is 23.3. The first-order valence-electron chi connectivity index (χ1n) is 11.8. The normalized spacial score (nSPS) is 15.6. The van der Waals surface area contributed by atoms with Crippen LogP contribution in [0.2, 0.25) is 5.02 Å². The number of rotatable bonds is 2. The number of halogens is 1. The number of hydrogen-bond donors (Lipinski definition) is 1. The van der Waals surface area contributed by atoms with Gasteiger partial charge in [0.25, 0.3) is 5.91 Å². The molecular formula is C28H24ClN5O3. The van der Waals surface area contributed by atoms with Crippen molar-refractivity contribution in [2.75, 3.05) is 19.4 Å². The minimum absolute atomic E-state index is 0.200. The second kappa shape index (κ2) is 8.80. The average Bonchev–Trinajstić information content (AvgIpc) is 3.60. The van der Waals surface area contributed by atoms with Crippen molar-refractivity contribution in [1.29, 1.82) is 0 Å². The molecule has 0 unspecified atom stereocenters. The molecule has 186 valence electrons. The molecule has 37 heavy (non-hydrogen) atoms. The number of amides is 1. The van der Waals surface area contributed by atoms with Gasteiger partial charge in [-0.1, -0.05) is 29.5 Å². The van der Waals surface area contributed by atoms with Crippen molar-refractivity contribution in [3.05, 3.63) is 80.6 Å². The molecule has 8 nitrogen and oxygen atoms in total. The van der Waals surface area contributed by atoms with Crippen molar-refractivity contribution in [1.82, 2.24) is 19.7 Å². The molecule has 2 N–H and O–H groups in total. The molecular weight excluding hydrogens is 490 g/mol. The molecule has 0 fully saturated rings. The lowest BCUT2D eigenvalue weighted by Crippen LogP contribution is -2.32. The van der Waals surface area contributed by atoms with Crippen LogP contribution in [0.4, 0.5) is 5.82 Å². The number of nitrogens with two attached hydrogens (primary N) is 1. The van der Waals surface area contributed by atoms with Crippen LogP contribution in [0.25, 0.3) is 10.9 Å². The summed E-state index contributed by atoms with van der Waals surface area (Å²) in [5.74, 6) is 7.30. The van der Waals surface area contributed by atoms with E-state index in [4.69, 9.17) is 26.8 Å². The maximum atomic E-state index is 13.6. The Kier molecular flexibility index (Phi) is 5.55. The van der Waals surface area contributed by atoms with Gasteiger partial charge in [-0.15, -0.1) is 0 Å². The number of anilines is 1. The molecule has 0 saturated heterocycles. The summed E-state index contributed by atoms with van der Waals surface area (Å²) in [6.07, 6.45) is 1.90. The van der Waals surface area contributed by atoms with Crippen LogP contribution in [0.1, 0.15) is 49.9 Å². The standard InChI is InChI=1S/C28H24ClN5O3/c1-15-17(11-33(2)32-15)6-4-16-5-7-18-25(14-37-26(18)8-16)34(3)28(35)20-9-19-21-12-36-13-22(21)27(30)31-24(19)10-23(20)29/h5,7-11,25H,12-14H2,1-3H3,(H2,30,31)/t25-/m1/s1. The van der Waals surface area contributed by atoms with Gasteiger partial charge in [0.05, 0.1) is 46.6 Å². The van der Waals surface area contributed by atoms with Gasteiger partial charge in [-0.25, -0.2) is 4.98 Å². The Bertz CT molecular complexity index is 1670. The number of ether oxygens (including phenoxy) is 2. The van der Waals surface area contributed by atoms with Gasteiger partial charge in [-0.05, 0) is 36.8 Å². The zero-order chi connectivity index (χ0) is 25.8. The summed E-state index contributed by atoms with van der Waals surface area (Å²) in [4.78, 5) is 19.7. The van der Waals surface area contributed by atoms with E-state index in [9.17, 15) is 4.79 Å². The zero-order valence-electron chi connectivity index (χ0n) is 20.6. The van der Waals surface area contributed by atoms with Gasteiger partial charge < -0.3 is 20.1 Å². The van der Waals surface area contributed by atoms with Crippen molar-refractivity contribution in [3.63, 3.8) is 0 Å². The number of pyridine rings is 1. The molecule has 2 aromatic carbocycles. The van der Waals surface area contributed by atoms with Gasteiger partial charge in [0.2, 0.25) is 0 Å². The summed E-state index contributed by atoms with van der Waals surface area (Å²) < 4.78 is 13.3. The predicted molar refractivity (Wildman–Crippen MR) is 140 cm³/mol. The number of fused-ring (bicyclic) bond motifs is 4. The molecule has 0 saturated carbocycles. The highest BCUT2D eigenvalue weighted by atomic mass is 35.5. The molecule has 1 atom stereocenters. The van der Waals surface area contributed by atoms with E-state index in [0.29, 0.717) is 41.7 Å². The molecule has 2 aliphatic rings. The maximum absolute atomic E-state index is 13.6. The maximum Gasteiger partial charge on any atom is 0.255 e. The summed E-state index contributed by atoms with van der Waals surface area (Å²) in [5, 5.41) is 5.48. The van der Waals surface area contributed by atoms with E-state index in [1.807, 2.05) is 38.4 Å². The summed E-state index contributed by atoms with van der Waals surface area (Å²) in [7, 11) is 3.64. The zero-order valence-corrected chi connectivity index (χ0v) is 21.4. The van der Waals surface area contributed by atoms with Crippen molar-refractivity contribution in [3.8, 4) is 17.6 Å². The smallest absolute Gasteiger partial charge is 0.255 e. The average molecular weight is 514 g/mol. The Morgan fingerprint density at radius 3 is 2.81 bits per heavy atom. The summed E-state index contributed by atoms with van der Waals surface area (Å²) >= 11 is 6.56. The van der Waals surface area contributed by atoms with Crippen molar-refractivity contribution in [2.24, 2.45) is 7.05 Å². The lowest BCUT2D eigenvalue weighted by molar-refractivity contribution is 0.0709. The largest absolute Gasteiger partial charge is 0.491 e. The Balaban J connectivity index is 1.28. The Labute approximate surface area is 218 Å². The number of carbonyl (C=O) groups excluding carboxylic acids is 1. The molecule has 1 amide bonds. The SMILES string of the molecule is Cc1nn(C)cc1C#Cc1ccc2c(c1)OC[C@H]2N(C)C(=O)c1cc2c3c(c(N)nc2cc1Cl)COC3. The third kappa shape index (κ3) is 3.97. The number of aryl methyl sites for hydroxylation is 2. The quantitative estimate of drug-likeness (QED) is 0.405. The molecule has 2 aliphatic heterocycles. The fourth-order valence-electron chi connectivity index (χ4n) is 4.94. The predicted octanol–water partition coefficient (Wildman–Crippen LogP) is 4.15. The third-order valence-electron chi connectivity index (χ3n) is 6.96. The molecule has 6 rings (SSSR count). The summed E-state index contributed by atoms with van der Waals surface area (Å²) in [6.45, 7) is 3.13. The van der Waals surface area contributed by atoms with Crippen LogP contribution in [0.3, 0.4) is 0 Å². The van der Waals surface area contributed by atoms with Gasteiger partial charge >= 0.3 is 0 Å². The fraction of sp³-hybridized carbons (Fsp3) is 0.250. The summed E-state index contributed by atoms with van der Waals surface area (Å²) in [6, 6.07) is 9.06. The third-order valence-corrected chi connectivity index (χ3v) is 7.27. The van der Waals surface area contributed by atoms with Gasteiger partial charge in [0.15, 0.2) is 0 Å². The Morgan fingerprint density at radius 1 is 1.22 bits per heavy atom. The molecule has 4 heterocycles. The lowest BCUT2D eigenvalue weighted by Gasteiger charge is -2.24. The van der Waals surface area contributed by atoms with Crippen LogP contribution < -0.4 is 10.5 Å². The fourth-order valence-corrected chi connectivity index (χ4v) is 5.18. The molecule has 0 radical (unpaired) electrons. The van der Waals surface area contributed by atoms with E-state index >= 15 is 0 Å². The van der Waals surface area contributed by atoms with Crippen LogP contribution >= 0.6 is 11.6 Å². The van der Waals surface area contributed by atoms with E-state index in [-0.39, 0.29) is 11.9 Å². The second-order valence-corrected chi connectivity index (χ2v) is 9.75. The number of carbonyl (C=O) groups is 1. The number of aromatic nitrogens is 3. The highest BCUT2D eigenvalue weighted by Crippen LogP contribution is 2.38. The van der Waals surface area contributed by atoms with Gasteiger partial charge in [-0.2, -0.15) is 5.10 Å². The Hall–Kier alpha value is -4.06. The van der Waals surface area contributed by atoms with E-state index in [0.717, 1.165) is 44.6 Å². The van der Waals surface area contributed by atoms with Gasteiger partial charge in [0.1, 0.15) is 18.2 Å². The number of nitrogen functional groups attached to an aromatic ring is 1. The van der Waals surface area contributed by atoms with Crippen LogP contribution in [0.5, 0.6) is 5.75 Å². The number of likely N-dealkylation sites (N-methyl/N-ethyl adjacent to an activating group) is 1. The molecule has 4 aromatic rings. The van der Waals surface area contributed by atoms with Crippen molar-refractivity contribution in [2.45, 2.75) is 26.2 Å². The molecule has 0 aliphatic carbocycles. The first-order valence-corrected chi connectivity index (χ1v) is 12.2. The van der Waals surface area contributed by atoms with Crippen LogP contribution in [-0.4, -0.2) is 39.2 Å². The van der Waals surface area contributed by atoms with Gasteiger partial charge in [0, 0.05) is 42.4 Å². The Morgan fingerprint density at radius 2 is 2.03 bits per heavy atom. The van der Waals surface area contributed by atoms with E-state index in [1.165, 1.54) is 0 Å². The number of nitrogens with zero attached hydrogens (tertiary/aromatic N) is 4. The molecule has 0 spiro atoms. The minimum Gasteiger partial charge on any atom is -0.491 e. The highest BCUT2D eigenvalue weighted by molar-refractivity contribution is 6.34. The van der Waals surface area contributed by atoms with Crippen LogP contribution in [0.15, 0.2) is 36.5 Å². The monoisotopic (exact) mass is 513 g/mol. The van der Waals surface area contributed by atoms with Crippen molar-refractivity contribution >= 4 is 34.2 Å². The first-order chi connectivity index (χ1) is 17.8. The summed E-state index contributed by atoms with van der Waals surface area (Å²) in [5.41, 5.74) is 12.5. The minimum atomic E-state index is -0.254. The van der Waals surface area contributed by atoms with Crippen LogP contribution in [0, 0.1) is 18.8 Å². The second-order valence-electron chi connectivity index (χ2n) is 9.34. The molecule has 9 heteroatoms. The number of hydrogen-bond acceptors (Lipinski definition) is 6. The lowest BCUT2D eigenvalue weighted by atomic mass is 10.0.